The van der Waals surface area contributed by atoms with E-state index in [4.69, 9.17) is 17.0 Å². The van der Waals surface area contributed by atoms with Gasteiger partial charge in [0.15, 0.2) is 5.11 Å². The van der Waals surface area contributed by atoms with Gasteiger partial charge in [-0.25, -0.2) is 13.4 Å². The van der Waals surface area contributed by atoms with Crippen LogP contribution in [0.15, 0.2) is 35.6 Å². The third kappa shape index (κ3) is 6.37. The Kier molecular flexibility index (Phi) is 8.26. The molecular weight excluding hydrogens is 468 g/mol. The predicted octanol–water partition coefficient (Wildman–Crippen LogP) is 4.16. The number of thiocarbonyl (C=S) groups is 1. The summed E-state index contributed by atoms with van der Waals surface area (Å²) in [5.74, 6) is -0.0487. The highest BCUT2D eigenvalue weighted by molar-refractivity contribution is 7.90. The van der Waals surface area contributed by atoms with E-state index in [2.05, 4.69) is 15.2 Å². The van der Waals surface area contributed by atoms with Crippen LogP contribution in [0.1, 0.15) is 67.8 Å². The van der Waals surface area contributed by atoms with Gasteiger partial charge in [-0.05, 0) is 50.4 Å². The number of hydrogen-bond donors (Lipinski definition) is 1. The summed E-state index contributed by atoms with van der Waals surface area (Å²) in [5, 5.41) is 4.29. The maximum absolute atomic E-state index is 13.6. The fourth-order valence-corrected chi connectivity index (χ4v) is 6.53. The van der Waals surface area contributed by atoms with Crippen LogP contribution in [0.2, 0.25) is 0 Å². The molecule has 9 heteroatoms. The monoisotopic (exact) mass is 504 g/mol. The molecule has 2 aliphatic carbocycles. The molecule has 1 N–H and O–H groups in total. The molecule has 0 radical (unpaired) electrons. The average Bonchev–Trinajstić information content (AvgIpc) is 3.52. The third-order valence-electron chi connectivity index (χ3n) is 6.61. The first-order chi connectivity index (χ1) is 16.4. The number of aryl methyl sites for hydroxylation is 1. The van der Waals surface area contributed by atoms with Crippen molar-refractivity contribution in [1.29, 1.82) is 0 Å². The smallest absolute Gasteiger partial charge is 0.228 e. The molecule has 0 atom stereocenters. The molecule has 0 amide bonds. The summed E-state index contributed by atoms with van der Waals surface area (Å²) in [5.41, 5.74) is 2.73. The fraction of sp³-hybridized carbons (Fsp3) is 0.600. The summed E-state index contributed by atoms with van der Waals surface area (Å²) < 4.78 is 34.5. The normalized spacial score (nSPS) is 17.0. The first kappa shape index (κ1) is 25.1. The van der Waals surface area contributed by atoms with Gasteiger partial charge in [0.05, 0.1) is 30.8 Å². The van der Waals surface area contributed by atoms with Crippen molar-refractivity contribution in [3.8, 4) is 0 Å². The summed E-state index contributed by atoms with van der Waals surface area (Å²) in [7, 11) is -1.93. The van der Waals surface area contributed by atoms with Crippen molar-refractivity contribution in [2.75, 3.05) is 20.3 Å². The lowest BCUT2D eigenvalue weighted by atomic mass is 9.95. The number of ether oxygens (including phenoxy) is 1. The Bertz CT molecular complexity index is 1090. The molecule has 34 heavy (non-hydrogen) atoms. The van der Waals surface area contributed by atoms with Crippen molar-refractivity contribution in [2.24, 2.45) is 0 Å². The van der Waals surface area contributed by atoms with E-state index in [0.29, 0.717) is 30.9 Å². The van der Waals surface area contributed by atoms with Crippen LogP contribution in [0.5, 0.6) is 0 Å². The van der Waals surface area contributed by atoms with E-state index in [1.165, 1.54) is 6.42 Å². The lowest BCUT2D eigenvalue weighted by molar-refractivity contribution is 0.172. The second-order valence-corrected chi connectivity index (χ2v) is 11.9. The van der Waals surface area contributed by atoms with Gasteiger partial charge in [-0.1, -0.05) is 49.1 Å². The summed E-state index contributed by atoms with van der Waals surface area (Å²) in [6.07, 6.45) is 9.36. The van der Waals surface area contributed by atoms with Gasteiger partial charge in [0.2, 0.25) is 15.0 Å². The minimum absolute atomic E-state index is 0.0487. The molecule has 4 rings (SSSR count). The lowest BCUT2D eigenvalue weighted by Crippen LogP contribution is -2.42. The SMILES string of the molecule is COCCN(Cc1cnc(S(=O)(=O)Cc2cccc(C)c2)n1C1CCCCC1)C(=S)NC1CC1. The van der Waals surface area contributed by atoms with E-state index in [-0.39, 0.29) is 17.0 Å². The molecule has 186 valence electrons. The molecule has 2 aliphatic rings. The molecule has 1 heterocycles. The van der Waals surface area contributed by atoms with Crippen molar-refractivity contribution >= 4 is 27.2 Å². The maximum Gasteiger partial charge on any atom is 0.228 e. The topological polar surface area (TPSA) is 76.5 Å². The van der Waals surface area contributed by atoms with Crippen LogP contribution in [0.4, 0.5) is 0 Å². The first-order valence-corrected chi connectivity index (χ1v) is 14.3. The van der Waals surface area contributed by atoms with Crippen molar-refractivity contribution in [3.05, 3.63) is 47.3 Å². The Morgan fingerprint density at radius 1 is 1.24 bits per heavy atom. The molecule has 2 aromatic rings. The van der Waals surface area contributed by atoms with E-state index >= 15 is 0 Å². The molecule has 0 saturated heterocycles. The minimum Gasteiger partial charge on any atom is -0.383 e. The largest absolute Gasteiger partial charge is 0.383 e. The zero-order valence-electron chi connectivity index (χ0n) is 20.2. The van der Waals surface area contributed by atoms with Crippen LogP contribution >= 0.6 is 12.2 Å². The standard InChI is InChI=1S/C25H36N4O3S2/c1-19-7-6-8-20(15-19)18-34(30,31)25-26-16-23(29(25)22-9-4-3-5-10-22)17-28(13-14-32-2)24(33)27-21-11-12-21/h6-8,15-16,21-22H,3-5,9-14,17-18H2,1-2H3,(H,27,33). The second-order valence-electron chi connectivity index (χ2n) is 9.58. The lowest BCUT2D eigenvalue weighted by Gasteiger charge is -2.30. The van der Waals surface area contributed by atoms with Gasteiger partial charge in [0, 0.05) is 25.7 Å². The van der Waals surface area contributed by atoms with Gasteiger partial charge >= 0.3 is 0 Å². The molecular formula is C25H36N4O3S2. The highest BCUT2D eigenvalue weighted by atomic mass is 32.2. The van der Waals surface area contributed by atoms with Gasteiger partial charge in [0.1, 0.15) is 0 Å². The quantitative estimate of drug-likeness (QED) is 0.487. The first-order valence-electron chi connectivity index (χ1n) is 12.3. The van der Waals surface area contributed by atoms with Gasteiger partial charge in [-0.3, -0.25) is 0 Å². The highest BCUT2D eigenvalue weighted by Crippen LogP contribution is 2.33. The molecule has 1 aromatic heterocycles. The van der Waals surface area contributed by atoms with Crippen molar-refractivity contribution < 1.29 is 13.2 Å². The Hall–Kier alpha value is -1.97. The van der Waals surface area contributed by atoms with Crippen molar-refractivity contribution in [3.63, 3.8) is 0 Å². The predicted molar refractivity (Wildman–Crippen MR) is 137 cm³/mol. The number of imidazole rings is 1. The zero-order valence-corrected chi connectivity index (χ0v) is 21.8. The molecule has 2 saturated carbocycles. The molecule has 1 aromatic carbocycles. The summed E-state index contributed by atoms with van der Waals surface area (Å²) >= 11 is 5.69. The van der Waals surface area contributed by atoms with Gasteiger partial charge in [0.25, 0.3) is 0 Å². The van der Waals surface area contributed by atoms with Crippen LogP contribution in [0.25, 0.3) is 0 Å². The maximum atomic E-state index is 13.6. The summed E-state index contributed by atoms with van der Waals surface area (Å²) in [4.78, 5) is 6.57. The van der Waals surface area contributed by atoms with E-state index < -0.39 is 9.84 Å². The second kappa shape index (κ2) is 11.2. The van der Waals surface area contributed by atoms with E-state index in [0.717, 1.165) is 55.3 Å². The number of rotatable bonds is 10. The van der Waals surface area contributed by atoms with Crippen LogP contribution in [0, 0.1) is 6.92 Å². The zero-order chi connectivity index (χ0) is 24.1. The Morgan fingerprint density at radius 2 is 2.00 bits per heavy atom. The van der Waals surface area contributed by atoms with Crippen molar-refractivity contribution in [2.45, 2.75) is 81.4 Å². The number of nitrogens with zero attached hydrogens (tertiary/aromatic N) is 3. The van der Waals surface area contributed by atoms with Crippen LogP contribution in [-0.4, -0.2) is 54.3 Å². The fourth-order valence-electron chi connectivity index (χ4n) is 4.68. The molecule has 0 bridgehead atoms. The molecule has 0 aliphatic heterocycles. The molecule has 0 spiro atoms. The minimum atomic E-state index is -3.61. The number of benzene rings is 1. The number of nitrogens with one attached hydrogen (secondary N) is 1. The summed E-state index contributed by atoms with van der Waals surface area (Å²) in [6, 6.07) is 8.27. The molecule has 0 unspecified atom stereocenters. The van der Waals surface area contributed by atoms with Gasteiger partial charge < -0.3 is 19.5 Å². The Balaban J connectivity index is 1.64. The Labute approximate surface area is 208 Å². The van der Waals surface area contributed by atoms with E-state index in [9.17, 15) is 8.42 Å². The molecule has 2 fully saturated rings. The van der Waals surface area contributed by atoms with Crippen LogP contribution in [-0.2, 0) is 26.9 Å². The van der Waals surface area contributed by atoms with Gasteiger partial charge in [-0.2, -0.15) is 0 Å². The number of methoxy groups -OCH3 is 1. The van der Waals surface area contributed by atoms with E-state index in [1.807, 2.05) is 35.8 Å². The van der Waals surface area contributed by atoms with Crippen LogP contribution < -0.4 is 5.32 Å². The van der Waals surface area contributed by atoms with Crippen LogP contribution in [0.3, 0.4) is 0 Å². The van der Waals surface area contributed by atoms with Crippen molar-refractivity contribution in [1.82, 2.24) is 19.8 Å². The summed E-state index contributed by atoms with van der Waals surface area (Å²) in [6.45, 7) is 3.66. The average molecular weight is 505 g/mol. The third-order valence-corrected chi connectivity index (χ3v) is 8.55. The highest BCUT2D eigenvalue weighted by Gasteiger charge is 2.30. The Morgan fingerprint density at radius 3 is 2.68 bits per heavy atom. The molecule has 7 nitrogen and oxygen atoms in total. The number of sulfone groups is 1. The number of hydrogen-bond acceptors (Lipinski definition) is 5. The van der Waals surface area contributed by atoms with E-state index in [1.54, 1.807) is 13.3 Å². The number of aromatic nitrogens is 2. The van der Waals surface area contributed by atoms with Gasteiger partial charge in [-0.15, -0.1) is 0 Å².